The third kappa shape index (κ3) is 7.22. The largest absolute Gasteiger partial charge is 0.505 e. The summed E-state index contributed by atoms with van der Waals surface area (Å²) < 4.78 is 4.59. The SMILES string of the molecule is COC(=O)C(NC(=O)C(N=O)C(C)C)C(C)C.Cc1c(C(=O)O)cc(N)c(O)c1C(=O)O. The number of nitrogens with zero attached hydrogens (tertiary/aromatic N) is 1. The van der Waals surface area contributed by atoms with Gasteiger partial charge in [0.2, 0.25) is 5.91 Å². The predicted molar refractivity (Wildman–Crippen MR) is 114 cm³/mol. The van der Waals surface area contributed by atoms with Crippen LogP contribution in [-0.4, -0.2) is 58.3 Å². The maximum Gasteiger partial charge on any atom is 0.339 e. The molecule has 6 N–H and O–H groups in total. The molecule has 1 rings (SSSR count). The molecule has 1 amide bonds. The molecule has 0 saturated carbocycles. The first-order chi connectivity index (χ1) is 14.7. The number of nitrogens with two attached hydrogens (primary N) is 1. The molecule has 0 radical (unpaired) electrons. The molecule has 2 atom stereocenters. The molecule has 2 unspecified atom stereocenters. The fraction of sp³-hybridized carbons (Fsp3) is 0.500. The number of methoxy groups -OCH3 is 1. The molecule has 0 fully saturated rings. The third-order valence-corrected chi connectivity index (χ3v) is 4.47. The lowest BCUT2D eigenvalue weighted by atomic mass is 10.00. The van der Waals surface area contributed by atoms with Gasteiger partial charge in [-0.1, -0.05) is 32.9 Å². The summed E-state index contributed by atoms with van der Waals surface area (Å²) in [7, 11) is 1.25. The molecule has 0 aliphatic rings. The fourth-order valence-corrected chi connectivity index (χ4v) is 2.61. The number of nitrogens with one attached hydrogen (secondary N) is 1. The van der Waals surface area contributed by atoms with Gasteiger partial charge in [0.25, 0.3) is 0 Å². The molecule has 0 aliphatic heterocycles. The second kappa shape index (κ2) is 12.2. The van der Waals surface area contributed by atoms with Crippen molar-refractivity contribution in [3.63, 3.8) is 0 Å². The van der Waals surface area contributed by atoms with E-state index in [1.165, 1.54) is 14.0 Å². The van der Waals surface area contributed by atoms with Crippen LogP contribution in [0.15, 0.2) is 11.2 Å². The maximum atomic E-state index is 11.7. The van der Waals surface area contributed by atoms with Crippen molar-refractivity contribution in [3.05, 3.63) is 27.7 Å². The van der Waals surface area contributed by atoms with E-state index in [0.29, 0.717) is 0 Å². The first kappa shape index (κ1) is 28.3. The van der Waals surface area contributed by atoms with Gasteiger partial charge in [-0.25, -0.2) is 14.4 Å². The van der Waals surface area contributed by atoms with E-state index in [4.69, 9.17) is 15.9 Å². The Kier molecular flexibility index (Phi) is 10.8. The lowest BCUT2D eigenvalue weighted by molar-refractivity contribution is -0.146. The molecule has 12 nitrogen and oxygen atoms in total. The van der Waals surface area contributed by atoms with Crippen LogP contribution < -0.4 is 11.1 Å². The van der Waals surface area contributed by atoms with Gasteiger partial charge in [0.05, 0.1) is 18.4 Å². The molecule has 12 heteroatoms. The predicted octanol–water partition coefficient (Wildman–Crippen LogP) is 1.77. The average molecular weight is 455 g/mol. The quantitative estimate of drug-likeness (QED) is 0.166. The molecular weight excluding hydrogens is 426 g/mol. The number of carboxylic acid groups (broad SMARTS) is 2. The minimum atomic E-state index is -1.42. The van der Waals surface area contributed by atoms with E-state index in [1.54, 1.807) is 27.7 Å². The minimum Gasteiger partial charge on any atom is -0.505 e. The molecule has 0 bridgehead atoms. The van der Waals surface area contributed by atoms with E-state index in [9.17, 15) is 29.2 Å². The second-order valence-electron chi connectivity index (χ2n) is 7.52. The first-order valence-electron chi connectivity index (χ1n) is 9.50. The lowest BCUT2D eigenvalue weighted by Gasteiger charge is -2.22. The van der Waals surface area contributed by atoms with Crippen molar-refractivity contribution in [2.45, 2.75) is 46.7 Å². The van der Waals surface area contributed by atoms with E-state index >= 15 is 0 Å². The Morgan fingerprint density at radius 2 is 1.59 bits per heavy atom. The second-order valence-corrected chi connectivity index (χ2v) is 7.52. The number of ether oxygens (including phenoxy) is 1. The molecular formula is C20H29N3O9. The topological polar surface area (TPSA) is 206 Å². The van der Waals surface area contributed by atoms with Crippen molar-refractivity contribution in [1.82, 2.24) is 5.32 Å². The summed E-state index contributed by atoms with van der Waals surface area (Å²) in [4.78, 5) is 55.2. The Bertz CT molecular complexity index is 882. The number of hydrogen-bond acceptors (Lipinski definition) is 9. The van der Waals surface area contributed by atoms with Crippen molar-refractivity contribution in [3.8, 4) is 5.75 Å². The first-order valence-corrected chi connectivity index (χ1v) is 9.50. The zero-order valence-electron chi connectivity index (χ0n) is 18.7. The number of anilines is 1. The minimum absolute atomic E-state index is 0.0262. The number of benzene rings is 1. The molecule has 1 aromatic rings. The number of nitrogen functional groups attached to an aromatic ring is 1. The van der Waals surface area contributed by atoms with Gasteiger partial charge in [-0.15, -0.1) is 4.91 Å². The van der Waals surface area contributed by atoms with Gasteiger partial charge in [0, 0.05) is 0 Å². The van der Waals surface area contributed by atoms with Gasteiger partial charge in [-0.3, -0.25) is 4.79 Å². The average Bonchev–Trinajstić information content (AvgIpc) is 2.68. The van der Waals surface area contributed by atoms with Gasteiger partial charge >= 0.3 is 17.9 Å². The standard InChI is InChI=1S/C11H20N2O4.C9H9NO5/c1-6(2)8(13-16)10(14)12-9(7(3)4)11(15)17-5;1-3-4(8(12)13)2-5(10)7(11)6(3)9(14)15/h6-9H,1-5H3,(H,12,14);2,11H,10H2,1H3,(H,12,13)(H,14,15). The molecule has 0 spiro atoms. The molecule has 0 saturated heterocycles. The number of amides is 1. The summed E-state index contributed by atoms with van der Waals surface area (Å²) in [6.07, 6.45) is 0. The van der Waals surface area contributed by atoms with E-state index in [-0.39, 0.29) is 28.7 Å². The highest BCUT2D eigenvalue weighted by Gasteiger charge is 2.30. The van der Waals surface area contributed by atoms with Crippen molar-refractivity contribution >= 4 is 29.5 Å². The summed E-state index contributed by atoms with van der Waals surface area (Å²) in [5.41, 5.74) is 4.28. The zero-order chi connectivity index (χ0) is 25.3. The number of nitroso groups, excluding NO2 is 1. The number of esters is 1. The number of aromatic hydroxyl groups is 1. The highest BCUT2D eigenvalue weighted by atomic mass is 16.5. The zero-order valence-corrected chi connectivity index (χ0v) is 18.7. The van der Waals surface area contributed by atoms with E-state index in [2.05, 4.69) is 15.2 Å². The van der Waals surface area contributed by atoms with Crippen molar-refractivity contribution in [2.75, 3.05) is 12.8 Å². The van der Waals surface area contributed by atoms with E-state index < -0.39 is 47.2 Å². The van der Waals surface area contributed by atoms with Gasteiger partial charge in [-0.05, 0) is 30.4 Å². The molecule has 32 heavy (non-hydrogen) atoms. The van der Waals surface area contributed by atoms with Crippen LogP contribution in [0.25, 0.3) is 0 Å². The number of rotatable bonds is 8. The molecule has 0 aliphatic carbocycles. The van der Waals surface area contributed by atoms with Gasteiger partial charge in [0.15, 0.2) is 11.8 Å². The Hall–Kier alpha value is -3.70. The monoisotopic (exact) mass is 455 g/mol. The number of carboxylic acids is 2. The van der Waals surface area contributed by atoms with E-state index in [1.807, 2.05) is 0 Å². The normalized spacial score (nSPS) is 12.2. The Morgan fingerprint density at radius 3 is 1.94 bits per heavy atom. The summed E-state index contributed by atoms with van der Waals surface area (Å²) in [6.45, 7) is 8.29. The van der Waals surface area contributed by atoms with Crippen LogP contribution >= 0.6 is 0 Å². The summed E-state index contributed by atoms with van der Waals surface area (Å²) in [6, 6.07) is -0.712. The Balaban J connectivity index is 0.000000604. The van der Waals surface area contributed by atoms with Crippen LogP contribution in [0.5, 0.6) is 5.75 Å². The van der Waals surface area contributed by atoms with Gasteiger partial charge < -0.3 is 31.1 Å². The van der Waals surface area contributed by atoms with Crippen LogP contribution in [0.4, 0.5) is 5.69 Å². The summed E-state index contributed by atoms with van der Waals surface area (Å²) in [5, 5.41) is 32.1. The van der Waals surface area contributed by atoms with Crippen molar-refractivity contribution in [1.29, 1.82) is 0 Å². The Morgan fingerprint density at radius 1 is 1.06 bits per heavy atom. The number of aromatic carboxylic acids is 2. The van der Waals surface area contributed by atoms with Gasteiger partial charge in [-0.2, -0.15) is 0 Å². The van der Waals surface area contributed by atoms with Crippen LogP contribution in [0.3, 0.4) is 0 Å². The molecule has 0 aromatic heterocycles. The number of hydrogen-bond donors (Lipinski definition) is 5. The van der Waals surface area contributed by atoms with Crippen molar-refractivity contribution in [2.24, 2.45) is 17.0 Å². The number of carbonyl (C=O) groups is 4. The third-order valence-electron chi connectivity index (χ3n) is 4.47. The fourth-order valence-electron chi connectivity index (χ4n) is 2.61. The molecule has 1 aromatic carbocycles. The lowest BCUT2D eigenvalue weighted by Crippen LogP contribution is -2.49. The van der Waals surface area contributed by atoms with Crippen LogP contribution in [0.2, 0.25) is 0 Å². The van der Waals surface area contributed by atoms with Gasteiger partial charge in [0.1, 0.15) is 11.6 Å². The van der Waals surface area contributed by atoms with E-state index in [0.717, 1.165) is 6.07 Å². The molecule has 0 heterocycles. The number of phenols is 1. The highest BCUT2D eigenvalue weighted by molar-refractivity contribution is 6.00. The van der Waals surface area contributed by atoms with Crippen molar-refractivity contribution < 1.29 is 39.2 Å². The number of carbonyl (C=O) groups excluding carboxylic acids is 2. The Labute approximate surface area is 184 Å². The molecule has 178 valence electrons. The van der Waals surface area contributed by atoms with Crippen LogP contribution in [-0.2, 0) is 14.3 Å². The summed E-state index contributed by atoms with van der Waals surface area (Å²) in [5.74, 6) is -4.71. The summed E-state index contributed by atoms with van der Waals surface area (Å²) >= 11 is 0. The highest BCUT2D eigenvalue weighted by Crippen LogP contribution is 2.30. The van der Waals surface area contributed by atoms with Crippen LogP contribution in [0, 0.1) is 23.7 Å². The smallest absolute Gasteiger partial charge is 0.339 e. The maximum absolute atomic E-state index is 11.7. The van der Waals surface area contributed by atoms with Crippen LogP contribution in [0.1, 0.15) is 54.0 Å².